The van der Waals surface area contributed by atoms with Gasteiger partial charge in [0.05, 0.1) is 11.4 Å². The molecule has 1 fully saturated rings. The Labute approximate surface area is 233 Å². The highest BCUT2D eigenvalue weighted by atomic mass is 35.5. The van der Waals surface area contributed by atoms with Crippen molar-refractivity contribution in [2.24, 2.45) is 0 Å². The number of thioether (sulfide) groups is 1. The number of nitrogens with zero attached hydrogens (tertiary/aromatic N) is 1. The van der Waals surface area contributed by atoms with Crippen molar-refractivity contribution in [2.75, 3.05) is 0 Å². The van der Waals surface area contributed by atoms with Gasteiger partial charge in [-0.15, -0.1) is 0 Å². The largest absolute Gasteiger partial charge is 0.378 e. The second-order valence-corrected chi connectivity index (χ2v) is 11.9. The molecule has 4 aromatic rings. The molecule has 1 saturated heterocycles. The third-order valence-corrected chi connectivity index (χ3v) is 8.68. The van der Waals surface area contributed by atoms with Crippen molar-refractivity contribution in [3.63, 3.8) is 0 Å². The second kappa shape index (κ2) is 10.5. The molecular formula is C28H19Cl2NO5S2. The maximum atomic E-state index is 13.3. The average molecular weight is 585 g/mol. The first kappa shape index (κ1) is 26.3. The normalized spacial score (nSPS) is 15.0. The van der Waals surface area contributed by atoms with Crippen LogP contribution in [0.3, 0.4) is 0 Å². The second-order valence-electron chi connectivity index (χ2n) is 8.55. The van der Waals surface area contributed by atoms with Crippen LogP contribution >= 0.6 is 35.0 Å². The topological polar surface area (TPSA) is 80.8 Å². The number of fused-ring (bicyclic) bond motifs is 1. The molecule has 192 valence electrons. The number of hydrogen-bond donors (Lipinski definition) is 0. The van der Waals surface area contributed by atoms with Crippen molar-refractivity contribution in [1.29, 1.82) is 0 Å². The van der Waals surface area contributed by atoms with Gasteiger partial charge in [0.1, 0.15) is 4.90 Å². The van der Waals surface area contributed by atoms with Crippen LogP contribution in [0.4, 0.5) is 4.79 Å². The van der Waals surface area contributed by atoms with Gasteiger partial charge in [0, 0.05) is 15.6 Å². The lowest BCUT2D eigenvalue weighted by Gasteiger charge is -2.14. The van der Waals surface area contributed by atoms with Gasteiger partial charge in [-0.05, 0) is 71.4 Å². The summed E-state index contributed by atoms with van der Waals surface area (Å²) in [6.45, 7) is 1.82. The monoisotopic (exact) mass is 583 g/mol. The summed E-state index contributed by atoms with van der Waals surface area (Å²) in [5.74, 6) is -0.483. The standard InChI is InChI=1S/C28H19Cl2NO5S2/c1-17-6-11-21(12-7-17)38(34,35)36-25-13-9-18-4-2-3-5-22(18)23(25)15-26-27(32)31(28(33)37-26)16-19-8-10-20(29)14-24(19)30/h2-15H,16H2,1H3/b26-15-. The van der Waals surface area contributed by atoms with E-state index in [1.165, 1.54) is 24.3 Å². The molecule has 38 heavy (non-hydrogen) atoms. The smallest absolute Gasteiger partial charge is 0.339 e. The molecule has 1 heterocycles. The Hall–Kier alpha value is -3.30. The van der Waals surface area contributed by atoms with E-state index in [2.05, 4.69) is 0 Å². The van der Waals surface area contributed by atoms with E-state index in [-0.39, 0.29) is 22.1 Å². The summed E-state index contributed by atoms with van der Waals surface area (Å²) >= 11 is 13.0. The van der Waals surface area contributed by atoms with E-state index in [9.17, 15) is 18.0 Å². The highest BCUT2D eigenvalue weighted by Crippen LogP contribution is 2.38. The number of benzene rings is 4. The first-order valence-electron chi connectivity index (χ1n) is 11.3. The molecule has 0 atom stereocenters. The third-order valence-electron chi connectivity index (χ3n) is 5.93. The summed E-state index contributed by atoms with van der Waals surface area (Å²) < 4.78 is 31.7. The maximum Gasteiger partial charge on any atom is 0.339 e. The predicted octanol–water partition coefficient (Wildman–Crippen LogP) is 7.46. The van der Waals surface area contributed by atoms with Crippen molar-refractivity contribution in [2.45, 2.75) is 18.4 Å². The number of amides is 2. The number of carbonyl (C=O) groups excluding carboxylic acids is 2. The van der Waals surface area contributed by atoms with Crippen LogP contribution in [0.25, 0.3) is 16.8 Å². The quantitative estimate of drug-likeness (QED) is 0.173. The summed E-state index contributed by atoms with van der Waals surface area (Å²) in [4.78, 5) is 27.3. The van der Waals surface area contributed by atoms with Gasteiger partial charge in [-0.2, -0.15) is 8.42 Å². The fourth-order valence-electron chi connectivity index (χ4n) is 3.96. The molecule has 0 spiro atoms. The number of aryl methyl sites for hydroxylation is 1. The van der Waals surface area contributed by atoms with E-state index in [0.717, 1.165) is 27.6 Å². The van der Waals surface area contributed by atoms with E-state index in [1.54, 1.807) is 48.5 Å². The van der Waals surface area contributed by atoms with Gasteiger partial charge in [-0.25, -0.2) is 0 Å². The Bertz CT molecular complexity index is 1730. The fourth-order valence-corrected chi connectivity index (χ4v) is 6.19. The zero-order chi connectivity index (χ0) is 27.0. The van der Waals surface area contributed by atoms with Crippen LogP contribution < -0.4 is 4.18 Å². The molecule has 0 unspecified atom stereocenters. The molecule has 0 aromatic heterocycles. The van der Waals surface area contributed by atoms with Gasteiger partial charge in [0.15, 0.2) is 5.75 Å². The molecule has 10 heteroatoms. The highest BCUT2D eigenvalue weighted by molar-refractivity contribution is 8.18. The molecule has 0 bridgehead atoms. The third kappa shape index (κ3) is 5.31. The van der Waals surface area contributed by atoms with Crippen LogP contribution in [-0.4, -0.2) is 24.5 Å². The Balaban J connectivity index is 1.54. The maximum absolute atomic E-state index is 13.3. The summed E-state index contributed by atoms with van der Waals surface area (Å²) in [7, 11) is -4.16. The first-order valence-corrected chi connectivity index (χ1v) is 14.3. The van der Waals surface area contributed by atoms with Gasteiger partial charge < -0.3 is 4.18 Å². The van der Waals surface area contributed by atoms with Gasteiger partial charge in [0.25, 0.3) is 11.1 Å². The molecule has 4 aromatic carbocycles. The van der Waals surface area contributed by atoms with Crippen LogP contribution in [0.1, 0.15) is 16.7 Å². The molecule has 2 amide bonds. The predicted molar refractivity (Wildman–Crippen MR) is 151 cm³/mol. The van der Waals surface area contributed by atoms with Crippen LogP contribution in [0.15, 0.2) is 88.7 Å². The van der Waals surface area contributed by atoms with Crippen LogP contribution in [0.5, 0.6) is 5.75 Å². The minimum absolute atomic E-state index is 0.00220. The van der Waals surface area contributed by atoms with Gasteiger partial charge in [-0.3, -0.25) is 14.5 Å². The Morgan fingerprint density at radius 2 is 1.68 bits per heavy atom. The molecule has 0 radical (unpaired) electrons. The van der Waals surface area contributed by atoms with E-state index in [0.29, 0.717) is 26.6 Å². The minimum Gasteiger partial charge on any atom is -0.378 e. The van der Waals surface area contributed by atoms with Gasteiger partial charge >= 0.3 is 10.1 Å². The van der Waals surface area contributed by atoms with Gasteiger partial charge in [-0.1, -0.05) is 77.3 Å². The van der Waals surface area contributed by atoms with E-state index in [4.69, 9.17) is 27.4 Å². The first-order chi connectivity index (χ1) is 18.1. The lowest BCUT2D eigenvalue weighted by atomic mass is 10.0. The summed E-state index contributed by atoms with van der Waals surface area (Å²) in [5, 5.41) is 1.79. The summed E-state index contributed by atoms with van der Waals surface area (Å²) in [5.41, 5.74) is 1.85. The molecule has 0 N–H and O–H groups in total. The lowest BCUT2D eigenvalue weighted by Crippen LogP contribution is -2.27. The number of imide groups is 1. The van der Waals surface area contributed by atoms with Crippen molar-refractivity contribution in [3.05, 3.63) is 111 Å². The van der Waals surface area contributed by atoms with E-state index < -0.39 is 21.3 Å². The fraction of sp³-hybridized carbons (Fsp3) is 0.0714. The number of carbonyl (C=O) groups is 2. The molecule has 1 aliphatic rings. The van der Waals surface area contributed by atoms with Crippen LogP contribution in [0, 0.1) is 6.92 Å². The van der Waals surface area contributed by atoms with Crippen LogP contribution in [0.2, 0.25) is 10.0 Å². The minimum atomic E-state index is -4.16. The molecular weight excluding hydrogens is 565 g/mol. The molecule has 0 aliphatic carbocycles. The zero-order valence-electron chi connectivity index (χ0n) is 19.9. The van der Waals surface area contributed by atoms with Crippen LogP contribution in [-0.2, 0) is 21.5 Å². The van der Waals surface area contributed by atoms with Crippen molar-refractivity contribution >= 4 is 73.1 Å². The summed E-state index contributed by atoms with van der Waals surface area (Å²) in [6, 6.07) is 21.7. The molecule has 6 nitrogen and oxygen atoms in total. The number of rotatable bonds is 6. The Kier molecular flexibility index (Phi) is 7.24. The number of halogens is 2. The van der Waals surface area contributed by atoms with Crippen molar-refractivity contribution < 1.29 is 22.2 Å². The molecule has 5 rings (SSSR count). The van der Waals surface area contributed by atoms with Crippen molar-refractivity contribution in [1.82, 2.24) is 4.90 Å². The van der Waals surface area contributed by atoms with E-state index >= 15 is 0 Å². The Morgan fingerprint density at radius 1 is 0.947 bits per heavy atom. The molecule has 1 aliphatic heterocycles. The van der Waals surface area contributed by atoms with E-state index in [1.807, 2.05) is 19.1 Å². The lowest BCUT2D eigenvalue weighted by molar-refractivity contribution is -0.123. The highest BCUT2D eigenvalue weighted by Gasteiger charge is 2.36. The van der Waals surface area contributed by atoms with Gasteiger partial charge in [0.2, 0.25) is 0 Å². The van der Waals surface area contributed by atoms with Crippen molar-refractivity contribution in [3.8, 4) is 5.75 Å². The molecule has 0 saturated carbocycles. The SMILES string of the molecule is Cc1ccc(S(=O)(=O)Oc2ccc3ccccc3c2/C=C2\SC(=O)N(Cc3ccc(Cl)cc3Cl)C2=O)cc1. The summed E-state index contributed by atoms with van der Waals surface area (Å²) in [6.07, 6.45) is 1.50. The zero-order valence-corrected chi connectivity index (χ0v) is 23.0. The average Bonchev–Trinajstić information content (AvgIpc) is 3.14. The number of hydrogen-bond acceptors (Lipinski definition) is 6. The Morgan fingerprint density at radius 3 is 2.42 bits per heavy atom.